The van der Waals surface area contributed by atoms with Crippen LogP contribution in [0.15, 0.2) is 54.6 Å². The summed E-state index contributed by atoms with van der Waals surface area (Å²) in [7, 11) is 0. The maximum Gasteiger partial charge on any atom is 0.311 e. The van der Waals surface area contributed by atoms with Crippen molar-refractivity contribution in [3.05, 3.63) is 65.2 Å². The Morgan fingerprint density at radius 3 is 2.68 bits per heavy atom. The zero-order chi connectivity index (χ0) is 20.1. The monoisotopic (exact) mass is 400 g/mol. The van der Waals surface area contributed by atoms with Gasteiger partial charge in [-0.1, -0.05) is 48.0 Å². The van der Waals surface area contributed by atoms with Crippen LogP contribution in [-0.2, 0) is 19.1 Å². The van der Waals surface area contributed by atoms with Crippen LogP contribution >= 0.6 is 11.6 Å². The number of nitrogens with one attached hydrogen (secondary N) is 1. The van der Waals surface area contributed by atoms with Crippen LogP contribution in [0.4, 0.5) is 5.69 Å². The lowest BCUT2D eigenvalue weighted by molar-refractivity contribution is -0.151. The molecule has 28 heavy (non-hydrogen) atoms. The Bertz CT molecular complexity index is 872. The van der Waals surface area contributed by atoms with Gasteiger partial charge in [0.05, 0.1) is 12.0 Å². The number of carbonyl (C=O) groups is 3. The summed E-state index contributed by atoms with van der Waals surface area (Å²) in [6.45, 7) is 1.80. The summed E-state index contributed by atoms with van der Waals surface area (Å²) in [6, 6.07) is 16.2. The first-order valence-electron chi connectivity index (χ1n) is 9.00. The van der Waals surface area contributed by atoms with Gasteiger partial charge in [0, 0.05) is 23.7 Å². The van der Waals surface area contributed by atoms with Crippen molar-refractivity contribution < 1.29 is 19.1 Å². The predicted octanol–water partition coefficient (Wildman–Crippen LogP) is 3.43. The van der Waals surface area contributed by atoms with E-state index >= 15 is 0 Å². The molecule has 2 aromatic rings. The Labute approximate surface area is 168 Å². The van der Waals surface area contributed by atoms with Crippen LogP contribution in [0.1, 0.15) is 24.9 Å². The Kier molecular flexibility index (Phi) is 6.31. The molecule has 0 saturated carbocycles. The predicted molar refractivity (Wildman–Crippen MR) is 106 cm³/mol. The summed E-state index contributed by atoms with van der Waals surface area (Å²) in [6.07, 6.45) is 0.0892. The largest absolute Gasteiger partial charge is 0.455 e. The number of nitrogens with zero attached hydrogens (tertiary/aromatic N) is 1. The molecule has 0 bridgehead atoms. The highest BCUT2D eigenvalue weighted by molar-refractivity contribution is 6.30. The highest BCUT2D eigenvalue weighted by Gasteiger charge is 2.38. The lowest BCUT2D eigenvalue weighted by Gasteiger charge is -2.25. The molecule has 0 radical (unpaired) electrons. The van der Waals surface area contributed by atoms with E-state index in [4.69, 9.17) is 16.3 Å². The molecule has 3 rings (SSSR count). The fourth-order valence-corrected chi connectivity index (χ4v) is 3.38. The fourth-order valence-electron chi connectivity index (χ4n) is 3.19. The molecule has 1 N–H and O–H groups in total. The van der Waals surface area contributed by atoms with Crippen molar-refractivity contribution in [1.29, 1.82) is 0 Å². The molecule has 146 valence electrons. The van der Waals surface area contributed by atoms with Crippen LogP contribution in [0, 0.1) is 5.92 Å². The number of benzene rings is 2. The van der Waals surface area contributed by atoms with Gasteiger partial charge in [0.15, 0.2) is 6.61 Å². The zero-order valence-corrected chi connectivity index (χ0v) is 16.2. The summed E-state index contributed by atoms with van der Waals surface area (Å²) in [4.78, 5) is 38.3. The first-order chi connectivity index (χ1) is 13.4. The molecule has 2 atom stereocenters. The third-order valence-corrected chi connectivity index (χ3v) is 4.93. The van der Waals surface area contributed by atoms with Crippen molar-refractivity contribution in [2.45, 2.75) is 19.4 Å². The number of anilines is 1. The van der Waals surface area contributed by atoms with E-state index in [9.17, 15) is 14.4 Å². The van der Waals surface area contributed by atoms with Crippen LogP contribution < -0.4 is 5.32 Å². The summed E-state index contributed by atoms with van der Waals surface area (Å²) in [5.74, 6) is -1.67. The quantitative estimate of drug-likeness (QED) is 0.754. The highest BCUT2D eigenvalue weighted by atomic mass is 35.5. The minimum atomic E-state index is -0.572. The number of hydrogen-bond donors (Lipinski definition) is 1. The van der Waals surface area contributed by atoms with E-state index < -0.39 is 24.4 Å². The van der Waals surface area contributed by atoms with E-state index in [0.29, 0.717) is 10.7 Å². The fraction of sp³-hybridized carbons (Fsp3) is 0.286. The van der Waals surface area contributed by atoms with Gasteiger partial charge in [0.25, 0.3) is 5.91 Å². The van der Waals surface area contributed by atoms with Gasteiger partial charge < -0.3 is 15.0 Å². The van der Waals surface area contributed by atoms with Crippen molar-refractivity contribution in [1.82, 2.24) is 4.90 Å². The normalized spacial score (nSPS) is 17.3. The van der Waals surface area contributed by atoms with Crippen molar-refractivity contribution in [3.63, 3.8) is 0 Å². The molecule has 0 aromatic heterocycles. The second-order valence-electron chi connectivity index (χ2n) is 6.70. The minimum absolute atomic E-state index is 0.0892. The molecule has 2 amide bonds. The second kappa shape index (κ2) is 8.89. The number of halogens is 1. The van der Waals surface area contributed by atoms with Gasteiger partial charge in [-0.15, -0.1) is 0 Å². The molecule has 1 aliphatic heterocycles. The van der Waals surface area contributed by atoms with Gasteiger partial charge in [-0.3, -0.25) is 14.4 Å². The minimum Gasteiger partial charge on any atom is -0.455 e. The molecule has 0 spiro atoms. The van der Waals surface area contributed by atoms with Gasteiger partial charge in [0.1, 0.15) is 0 Å². The molecule has 1 aliphatic rings. The number of likely N-dealkylation sites (tertiary alicyclic amines) is 1. The van der Waals surface area contributed by atoms with Crippen LogP contribution in [0.5, 0.6) is 0 Å². The van der Waals surface area contributed by atoms with Gasteiger partial charge in [0.2, 0.25) is 5.91 Å². The Morgan fingerprint density at radius 1 is 1.21 bits per heavy atom. The standard InChI is InChI=1S/C21H21ClN2O4/c1-14(15-6-3-2-4-7-15)24-12-16(10-20(24)26)21(27)28-13-19(25)23-18-9-5-8-17(22)11-18/h2-9,11,14,16H,10,12-13H2,1H3,(H,23,25)/t14-,16+/m0/s1. The average Bonchev–Trinajstić information content (AvgIpc) is 3.08. The van der Waals surface area contributed by atoms with Crippen LogP contribution in [0.3, 0.4) is 0 Å². The first kappa shape index (κ1) is 19.9. The summed E-state index contributed by atoms with van der Waals surface area (Å²) in [5, 5.41) is 3.10. The van der Waals surface area contributed by atoms with E-state index in [1.54, 1.807) is 29.2 Å². The zero-order valence-electron chi connectivity index (χ0n) is 15.4. The van der Waals surface area contributed by atoms with Crippen molar-refractivity contribution in [2.24, 2.45) is 5.92 Å². The van der Waals surface area contributed by atoms with Crippen LogP contribution in [0.2, 0.25) is 5.02 Å². The molecular formula is C21H21ClN2O4. The third kappa shape index (κ3) is 4.89. The van der Waals surface area contributed by atoms with E-state index in [0.717, 1.165) is 5.56 Å². The summed E-state index contributed by atoms with van der Waals surface area (Å²) in [5.41, 5.74) is 1.53. The van der Waals surface area contributed by atoms with Crippen molar-refractivity contribution >= 4 is 35.1 Å². The topological polar surface area (TPSA) is 75.7 Å². The van der Waals surface area contributed by atoms with Crippen molar-refractivity contribution in [3.8, 4) is 0 Å². The third-order valence-electron chi connectivity index (χ3n) is 4.70. The molecule has 0 aliphatic carbocycles. The van der Waals surface area contributed by atoms with Crippen LogP contribution in [-0.4, -0.2) is 35.8 Å². The van der Waals surface area contributed by atoms with Gasteiger partial charge in [-0.2, -0.15) is 0 Å². The molecule has 1 fully saturated rings. The number of carbonyl (C=O) groups excluding carboxylic acids is 3. The lowest BCUT2D eigenvalue weighted by Crippen LogP contribution is -2.30. The highest BCUT2D eigenvalue weighted by Crippen LogP contribution is 2.29. The van der Waals surface area contributed by atoms with Gasteiger partial charge >= 0.3 is 5.97 Å². The Morgan fingerprint density at radius 2 is 1.96 bits per heavy atom. The van der Waals surface area contributed by atoms with Gasteiger partial charge in [-0.25, -0.2) is 0 Å². The molecular weight excluding hydrogens is 380 g/mol. The summed E-state index contributed by atoms with van der Waals surface area (Å²) < 4.78 is 5.11. The van der Waals surface area contributed by atoms with E-state index in [2.05, 4.69) is 5.32 Å². The molecule has 2 aromatic carbocycles. The number of amides is 2. The van der Waals surface area contributed by atoms with E-state index in [-0.39, 0.29) is 24.9 Å². The Hall–Kier alpha value is -2.86. The maximum absolute atomic E-state index is 12.3. The number of hydrogen-bond acceptors (Lipinski definition) is 4. The smallest absolute Gasteiger partial charge is 0.311 e. The maximum atomic E-state index is 12.3. The SMILES string of the molecule is C[C@@H](c1ccccc1)N1C[C@H](C(=O)OCC(=O)Nc2cccc(Cl)c2)CC1=O. The molecule has 1 heterocycles. The Balaban J connectivity index is 1.51. The molecule has 6 nitrogen and oxygen atoms in total. The first-order valence-corrected chi connectivity index (χ1v) is 9.38. The molecule has 1 saturated heterocycles. The van der Waals surface area contributed by atoms with Crippen molar-refractivity contribution in [2.75, 3.05) is 18.5 Å². The van der Waals surface area contributed by atoms with E-state index in [1.807, 2.05) is 37.3 Å². The number of esters is 1. The van der Waals surface area contributed by atoms with Gasteiger partial charge in [-0.05, 0) is 30.7 Å². The van der Waals surface area contributed by atoms with E-state index in [1.165, 1.54) is 0 Å². The molecule has 7 heteroatoms. The lowest BCUT2D eigenvalue weighted by atomic mass is 10.1. The number of ether oxygens (including phenoxy) is 1. The van der Waals surface area contributed by atoms with Crippen LogP contribution in [0.25, 0.3) is 0 Å². The number of rotatable bonds is 6. The second-order valence-corrected chi connectivity index (χ2v) is 7.14. The molecule has 0 unspecified atom stereocenters. The summed E-state index contributed by atoms with van der Waals surface area (Å²) >= 11 is 5.87. The average molecular weight is 401 g/mol.